The Morgan fingerprint density at radius 3 is 2.69 bits per heavy atom. The van der Waals surface area contributed by atoms with Crippen LogP contribution in [0.3, 0.4) is 0 Å². The van der Waals surface area contributed by atoms with Gasteiger partial charge in [-0.25, -0.2) is 5.43 Å². The summed E-state index contributed by atoms with van der Waals surface area (Å²) >= 11 is 0. The number of nitrogens with one attached hydrogen (secondary N) is 1. The molecule has 0 radical (unpaired) electrons. The van der Waals surface area contributed by atoms with Gasteiger partial charge in [0, 0.05) is 28.4 Å². The molecule has 0 aliphatic heterocycles. The van der Waals surface area contributed by atoms with E-state index in [0.717, 1.165) is 22.3 Å². The van der Waals surface area contributed by atoms with Crippen molar-refractivity contribution in [2.75, 3.05) is 7.11 Å². The molecule has 2 aromatic heterocycles. The largest absolute Gasteiger partial charge is 0.494 e. The lowest BCUT2D eigenvalue weighted by molar-refractivity contribution is -0.384. The van der Waals surface area contributed by atoms with E-state index in [1.165, 1.54) is 25.5 Å². The van der Waals surface area contributed by atoms with E-state index < -0.39 is 10.8 Å². The molecule has 1 amide bonds. The molecule has 0 fully saturated rings. The van der Waals surface area contributed by atoms with Crippen LogP contribution < -0.4 is 10.2 Å². The Balaban J connectivity index is 1.57. The van der Waals surface area contributed by atoms with Crippen molar-refractivity contribution in [1.82, 2.24) is 9.99 Å². The molecule has 0 saturated heterocycles. The lowest BCUT2D eigenvalue weighted by Gasteiger charge is -2.13. The second-order valence-electron chi connectivity index (χ2n) is 7.12. The van der Waals surface area contributed by atoms with E-state index >= 15 is 0 Å². The summed E-state index contributed by atoms with van der Waals surface area (Å²) in [7, 11) is 1.46. The topological polar surface area (TPSA) is 112 Å². The van der Waals surface area contributed by atoms with Crippen LogP contribution in [0.5, 0.6) is 5.75 Å². The molecule has 0 saturated carbocycles. The molecule has 0 spiro atoms. The number of rotatable bonds is 6. The predicted octanol–water partition coefficient (Wildman–Crippen LogP) is 4.52. The van der Waals surface area contributed by atoms with Crippen molar-refractivity contribution in [2.45, 2.75) is 13.8 Å². The molecule has 4 aromatic rings. The number of ether oxygens (including phenoxy) is 1. The summed E-state index contributed by atoms with van der Waals surface area (Å²) in [6.45, 7) is 3.79. The quantitative estimate of drug-likeness (QED) is 0.273. The number of non-ortho nitro benzene ring substituents is 1. The van der Waals surface area contributed by atoms with Gasteiger partial charge in [-0.15, -0.1) is 0 Å². The maximum absolute atomic E-state index is 12.4. The molecule has 0 atom stereocenters. The normalized spacial score (nSPS) is 11.2. The number of nitrogens with zero attached hydrogens (tertiary/aromatic N) is 3. The molecule has 0 aliphatic rings. The van der Waals surface area contributed by atoms with Crippen LogP contribution in [-0.4, -0.2) is 28.7 Å². The Morgan fingerprint density at radius 2 is 1.97 bits per heavy atom. The number of hydrogen-bond donors (Lipinski definition) is 1. The summed E-state index contributed by atoms with van der Waals surface area (Å²) in [5.74, 6) is 0.0930. The highest BCUT2D eigenvalue weighted by Gasteiger charge is 2.17. The van der Waals surface area contributed by atoms with Crippen LogP contribution in [0, 0.1) is 24.0 Å². The van der Waals surface area contributed by atoms with Gasteiger partial charge in [0.15, 0.2) is 5.76 Å². The number of hydrazone groups is 1. The fourth-order valence-corrected chi connectivity index (χ4v) is 3.56. The first-order chi connectivity index (χ1) is 15.4. The Labute approximate surface area is 183 Å². The van der Waals surface area contributed by atoms with Crippen LogP contribution in [0.4, 0.5) is 5.69 Å². The zero-order valence-electron chi connectivity index (χ0n) is 17.7. The third kappa shape index (κ3) is 3.83. The number of methoxy groups -OCH3 is 1. The van der Waals surface area contributed by atoms with Gasteiger partial charge < -0.3 is 13.7 Å². The molecular weight excluding hydrogens is 412 g/mol. The SMILES string of the molecule is COc1cc([N+](=O)[O-])ccc1-n1c(C)cc(/C=N/NC(=O)c2cc3ccccc3o2)c1C. The molecule has 1 N–H and O–H groups in total. The molecule has 2 heterocycles. The van der Waals surface area contributed by atoms with E-state index in [4.69, 9.17) is 9.15 Å². The molecule has 4 rings (SSSR count). The molecule has 0 bridgehead atoms. The maximum atomic E-state index is 12.4. The molecule has 0 aliphatic carbocycles. The summed E-state index contributed by atoms with van der Waals surface area (Å²) in [5, 5.41) is 16.0. The van der Waals surface area contributed by atoms with E-state index in [2.05, 4.69) is 10.5 Å². The number of aromatic nitrogens is 1. The smallest absolute Gasteiger partial charge is 0.307 e. The average Bonchev–Trinajstić information content (AvgIpc) is 3.34. The molecule has 0 unspecified atom stereocenters. The van der Waals surface area contributed by atoms with E-state index in [9.17, 15) is 14.9 Å². The van der Waals surface area contributed by atoms with Gasteiger partial charge in [-0.2, -0.15) is 5.10 Å². The van der Waals surface area contributed by atoms with Crippen molar-refractivity contribution in [2.24, 2.45) is 5.10 Å². The first-order valence-electron chi connectivity index (χ1n) is 9.72. The van der Waals surface area contributed by atoms with Gasteiger partial charge >= 0.3 is 5.91 Å². The van der Waals surface area contributed by atoms with Crippen molar-refractivity contribution in [3.05, 3.63) is 87.4 Å². The molecular formula is C23H20N4O5. The van der Waals surface area contributed by atoms with Crippen molar-refractivity contribution in [3.63, 3.8) is 0 Å². The number of carbonyl (C=O) groups is 1. The minimum absolute atomic E-state index is 0.0526. The summed E-state index contributed by atoms with van der Waals surface area (Å²) in [4.78, 5) is 23.0. The van der Waals surface area contributed by atoms with E-state index in [0.29, 0.717) is 17.0 Å². The fraction of sp³-hybridized carbons (Fsp3) is 0.130. The van der Waals surface area contributed by atoms with E-state index in [1.54, 1.807) is 18.2 Å². The Morgan fingerprint density at radius 1 is 1.19 bits per heavy atom. The van der Waals surface area contributed by atoms with Gasteiger partial charge in [0.2, 0.25) is 0 Å². The van der Waals surface area contributed by atoms with Crippen molar-refractivity contribution in [1.29, 1.82) is 0 Å². The average molecular weight is 432 g/mol. The number of carbonyl (C=O) groups excluding carboxylic acids is 1. The molecule has 9 heteroatoms. The minimum atomic E-state index is -0.468. The van der Waals surface area contributed by atoms with Gasteiger partial charge in [-0.05, 0) is 38.1 Å². The first kappa shape index (κ1) is 20.9. The number of nitro groups is 1. The second kappa shape index (κ2) is 8.38. The highest BCUT2D eigenvalue weighted by atomic mass is 16.6. The Kier molecular flexibility index (Phi) is 5.46. The standard InChI is InChI=1S/C23H20N4O5/c1-14-10-17(13-24-25-23(28)22-11-16-6-4-5-7-20(16)32-22)15(2)26(14)19-9-8-18(27(29)30)12-21(19)31-3/h4-13H,1-3H3,(H,25,28)/b24-13+. The predicted molar refractivity (Wildman–Crippen MR) is 120 cm³/mol. The van der Waals surface area contributed by atoms with Gasteiger partial charge in [0.1, 0.15) is 11.3 Å². The summed E-state index contributed by atoms with van der Waals surface area (Å²) in [5.41, 5.74) is 6.19. The van der Waals surface area contributed by atoms with Crippen molar-refractivity contribution >= 4 is 28.8 Å². The zero-order valence-corrected chi connectivity index (χ0v) is 17.7. The number of para-hydroxylation sites is 1. The van der Waals surface area contributed by atoms with Gasteiger partial charge in [-0.1, -0.05) is 18.2 Å². The van der Waals surface area contributed by atoms with Crippen molar-refractivity contribution < 1.29 is 18.9 Å². The van der Waals surface area contributed by atoms with Crippen LogP contribution in [-0.2, 0) is 0 Å². The van der Waals surface area contributed by atoms with Crippen LogP contribution in [0.15, 0.2) is 64.1 Å². The molecule has 2 aromatic carbocycles. The molecule has 32 heavy (non-hydrogen) atoms. The third-order valence-corrected chi connectivity index (χ3v) is 5.10. The summed E-state index contributed by atoms with van der Waals surface area (Å²) < 4.78 is 12.8. The van der Waals surface area contributed by atoms with E-state index in [-0.39, 0.29) is 11.4 Å². The number of amides is 1. The maximum Gasteiger partial charge on any atom is 0.307 e. The summed E-state index contributed by atoms with van der Waals surface area (Å²) in [6, 6.07) is 15.4. The van der Waals surface area contributed by atoms with Gasteiger partial charge in [0.05, 0.1) is 30.0 Å². The second-order valence-corrected chi connectivity index (χ2v) is 7.12. The van der Waals surface area contributed by atoms with Crippen LogP contribution in [0.1, 0.15) is 27.5 Å². The van der Waals surface area contributed by atoms with E-state index in [1.807, 2.05) is 42.7 Å². The van der Waals surface area contributed by atoms with Crippen LogP contribution >= 0.6 is 0 Å². The first-order valence-corrected chi connectivity index (χ1v) is 9.72. The lowest BCUT2D eigenvalue weighted by Crippen LogP contribution is -2.16. The van der Waals surface area contributed by atoms with Gasteiger partial charge in [0.25, 0.3) is 5.69 Å². The van der Waals surface area contributed by atoms with Gasteiger partial charge in [-0.3, -0.25) is 14.9 Å². The van der Waals surface area contributed by atoms with Crippen LogP contribution in [0.2, 0.25) is 0 Å². The van der Waals surface area contributed by atoms with Crippen LogP contribution in [0.25, 0.3) is 16.7 Å². The fourth-order valence-electron chi connectivity index (χ4n) is 3.56. The molecule has 9 nitrogen and oxygen atoms in total. The number of fused-ring (bicyclic) bond motifs is 1. The number of hydrogen-bond acceptors (Lipinski definition) is 6. The highest BCUT2D eigenvalue weighted by Crippen LogP contribution is 2.31. The minimum Gasteiger partial charge on any atom is -0.494 e. The molecule has 162 valence electrons. The Bertz CT molecular complexity index is 1330. The number of benzene rings is 2. The number of aryl methyl sites for hydroxylation is 1. The third-order valence-electron chi connectivity index (χ3n) is 5.10. The number of furan rings is 1. The summed E-state index contributed by atoms with van der Waals surface area (Å²) in [6.07, 6.45) is 1.54. The Hall–Kier alpha value is -4.40. The monoisotopic (exact) mass is 432 g/mol. The zero-order chi connectivity index (χ0) is 22.8. The highest BCUT2D eigenvalue weighted by molar-refractivity contribution is 5.96. The van der Waals surface area contributed by atoms with Crippen molar-refractivity contribution in [3.8, 4) is 11.4 Å². The number of nitro benzene ring substituents is 1. The lowest BCUT2D eigenvalue weighted by atomic mass is 10.2.